The maximum absolute atomic E-state index is 13.4. The number of rotatable bonds is 20. The molecule has 0 saturated heterocycles. The van der Waals surface area contributed by atoms with E-state index in [-0.39, 0.29) is 44.6 Å². The average Bonchev–Trinajstić information content (AvgIpc) is 2.92. The van der Waals surface area contributed by atoms with Gasteiger partial charge in [-0.3, -0.25) is 24.2 Å². The fourth-order valence-corrected chi connectivity index (χ4v) is 3.84. The Morgan fingerprint density at radius 3 is 1.98 bits per heavy atom. The van der Waals surface area contributed by atoms with Crippen LogP contribution >= 0.6 is 0 Å². The van der Waals surface area contributed by atoms with Crippen molar-refractivity contribution in [2.75, 3.05) is 13.1 Å². The molecule has 0 aliphatic rings. The van der Waals surface area contributed by atoms with Crippen molar-refractivity contribution in [1.29, 1.82) is 0 Å². The standard InChI is InChI=1S/C26H43N9O6/c27-13-5-4-10-19(25(40)41)34-23(38)18(11-12-21(29)36)33-24(39)20(15-16-7-2-1-3-8-16)35-22(37)17(28)9-6-14-32-26(30)31/h1-3,7-8,17-20H,4-6,9-15,27-28H2,(H2,29,36)(H,33,39)(H,34,38)(H,35,37)(H,40,41)(H4,30,31,32). The summed E-state index contributed by atoms with van der Waals surface area (Å²) in [6.45, 7) is 0.642. The second kappa shape index (κ2) is 18.9. The van der Waals surface area contributed by atoms with E-state index in [4.69, 9.17) is 28.7 Å². The SMILES string of the molecule is NCCCCC(NC(=O)C(CCC(N)=O)NC(=O)C(Cc1ccccc1)NC(=O)C(N)CCCN=C(N)N)C(=O)O. The molecule has 0 radical (unpaired) electrons. The van der Waals surface area contributed by atoms with E-state index < -0.39 is 53.8 Å². The Balaban J connectivity index is 3.06. The zero-order chi connectivity index (χ0) is 30.8. The quantitative estimate of drug-likeness (QED) is 0.0447. The molecular formula is C26H43N9O6. The van der Waals surface area contributed by atoms with Crippen LogP contribution < -0.4 is 44.6 Å². The normalized spacial score (nSPS) is 13.6. The van der Waals surface area contributed by atoms with Crippen molar-refractivity contribution in [1.82, 2.24) is 16.0 Å². The lowest BCUT2D eigenvalue weighted by atomic mass is 10.0. The monoisotopic (exact) mass is 577 g/mol. The Kier molecular flexibility index (Phi) is 16.1. The van der Waals surface area contributed by atoms with Crippen LogP contribution in [0.4, 0.5) is 0 Å². The Hall–Kier alpha value is -4.24. The van der Waals surface area contributed by atoms with Crippen LogP contribution in [0.1, 0.15) is 50.5 Å². The predicted molar refractivity (Wildman–Crippen MR) is 153 cm³/mol. The fourth-order valence-electron chi connectivity index (χ4n) is 3.84. The molecule has 15 heteroatoms. The highest BCUT2D eigenvalue weighted by Crippen LogP contribution is 2.08. The van der Waals surface area contributed by atoms with Crippen molar-refractivity contribution >= 4 is 35.6 Å². The molecule has 15 nitrogen and oxygen atoms in total. The molecule has 0 aliphatic heterocycles. The van der Waals surface area contributed by atoms with Gasteiger partial charge in [0.1, 0.15) is 18.1 Å². The maximum atomic E-state index is 13.4. The summed E-state index contributed by atoms with van der Waals surface area (Å²) >= 11 is 0. The number of nitrogens with one attached hydrogen (secondary N) is 3. The maximum Gasteiger partial charge on any atom is 0.326 e. The zero-order valence-electron chi connectivity index (χ0n) is 23.1. The summed E-state index contributed by atoms with van der Waals surface area (Å²) in [5, 5.41) is 17.1. The number of aliphatic carboxylic acids is 1. The summed E-state index contributed by atoms with van der Waals surface area (Å²) in [5.74, 6) is -4.18. The highest BCUT2D eigenvalue weighted by atomic mass is 16.4. The van der Waals surface area contributed by atoms with Gasteiger partial charge in [0.15, 0.2) is 5.96 Å². The topological polar surface area (TPSA) is 284 Å². The number of aliphatic imine (C=N–C) groups is 1. The second-order valence-electron chi connectivity index (χ2n) is 9.56. The number of benzene rings is 1. The Morgan fingerprint density at radius 2 is 1.39 bits per heavy atom. The van der Waals surface area contributed by atoms with Gasteiger partial charge >= 0.3 is 5.97 Å². The Morgan fingerprint density at radius 1 is 0.780 bits per heavy atom. The number of primary amides is 1. The third kappa shape index (κ3) is 14.6. The first-order valence-corrected chi connectivity index (χ1v) is 13.4. The number of carboxylic acid groups (broad SMARTS) is 1. The summed E-state index contributed by atoms with van der Waals surface area (Å²) in [5.41, 5.74) is 28.0. The molecule has 4 amide bonds. The van der Waals surface area contributed by atoms with Crippen LogP contribution in [-0.4, -0.2) is 77.9 Å². The molecule has 0 saturated carbocycles. The van der Waals surface area contributed by atoms with E-state index in [9.17, 15) is 29.1 Å². The van der Waals surface area contributed by atoms with Gasteiger partial charge in [0.05, 0.1) is 6.04 Å². The van der Waals surface area contributed by atoms with Gasteiger partial charge in [-0.1, -0.05) is 30.3 Å². The number of guanidine groups is 1. The molecule has 0 aliphatic carbocycles. The predicted octanol–water partition coefficient (Wildman–Crippen LogP) is -2.46. The van der Waals surface area contributed by atoms with E-state index in [0.717, 1.165) is 5.56 Å². The molecule has 0 aromatic heterocycles. The third-order valence-corrected chi connectivity index (χ3v) is 6.09. The second-order valence-corrected chi connectivity index (χ2v) is 9.56. The van der Waals surface area contributed by atoms with Crippen molar-refractivity contribution in [3.63, 3.8) is 0 Å². The number of unbranched alkanes of at least 4 members (excludes halogenated alkanes) is 1. The molecule has 228 valence electrons. The molecule has 1 aromatic rings. The highest BCUT2D eigenvalue weighted by Gasteiger charge is 2.30. The van der Waals surface area contributed by atoms with Gasteiger partial charge in [-0.2, -0.15) is 0 Å². The van der Waals surface area contributed by atoms with Crippen LogP contribution in [0.15, 0.2) is 35.3 Å². The van der Waals surface area contributed by atoms with Crippen LogP contribution in [0.25, 0.3) is 0 Å². The summed E-state index contributed by atoms with van der Waals surface area (Å²) in [6, 6.07) is 4.22. The fraction of sp³-hybridized carbons (Fsp3) is 0.538. The van der Waals surface area contributed by atoms with Gasteiger partial charge in [-0.15, -0.1) is 0 Å². The minimum atomic E-state index is -1.30. The van der Waals surface area contributed by atoms with E-state index in [1.807, 2.05) is 0 Å². The van der Waals surface area contributed by atoms with Crippen LogP contribution in [-0.2, 0) is 30.4 Å². The van der Waals surface area contributed by atoms with E-state index in [0.29, 0.717) is 25.8 Å². The van der Waals surface area contributed by atoms with Crippen LogP contribution in [0.3, 0.4) is 0 Å². The zero-order valence-corrected chi connectivity index (χ0v) is 23.1. The number of hydrogen-bond donors (Lipinski definition) is 9. The van der Waals surface area contributed by atoms with Gasteiger partial charge < -0.3 is 49.7 Å². The van der Waals surface area contributed by atoms with Crippen LogP contribution in [0, 0.1) is 0 Å². The first-order chi connectivity index (χ1) is 19.4. The molecule has 4 unspecified atom stereocenters. The van der Waals surface area contributed by atoms with Crippen molar-refractivity contribution in [2.24, 2.45) is 33.7 Å². The van der Waals surface area contributed by atoms with Gasteiger partial charge in [-0.25, -0.2) is 4.79 Å². The van der Waals surface area contributed by atoms with E-state index in [2.05, 4.69) is 20.9 Å². The van der Waals surface area contributed by atoms with Gasteiger partial charge in [0.25, 0.3) is 0 Å². The Bertz CT molecular complexity index is 1030. The number of carbonyl (C=O) groups is 5. The van der Waals surface area contributed by atoms with Gasteiger partial charge in [-0.05, 0) is 50.6 Å². The molecule has 0 spiro atoms. The molecule has 1 rings (SSSR count). The smallest absolute Gasteiger partial charge is 0.326 e. The minimum Gasteiger partial charge on any atom is -0.480 e. The molecule has 0 heterocycles. The van der Waals surface area contributed by atoms with Crippen molar-refractivity contribution < 1.29 is 29.1 Å². The molecule has 41 heavy (non-hydrogen) atoms. The van der Waals surface area contributed by atoms with Crippen LogP contribution in [0.5, 0.6) is 0 Å². The Labute approximate surface area is 239 Å². The number of nitrogens with zero attached hydrogens (tertiary/aromatic N) is 1. The molecule has 0 bridgehead atoms. The largest absolute Gasteiger partial charge is 0.480 e. The van der Waals surface area contributed by atoms with Crippen molar-refractivity contribution in [2.45, 2.75) is 75.5 Å². The summed E-state index contributed by atoms with van der Waals surface area (Å²) in [7, 11) is 0. The number of nitrogens with two attached hydrogens (primary N) is 5. The number of amides is 4. The summed E-state index contributed by atoms with van der Waals surface area (Å²) < 4.78 is 0. The first kappa shape index (κ1) is 34.8. The number of carboxylic acids is 1. The van der Waals surface area contributed by atoms with E-state index in [1.165, 1.54) is 0 Å². The lowest BCUT2D eigenvalue weighted by Crippen LogP contribution is -2.57. The summed E-state index contributed by atoms with van der Waals surface area (Å²) in [4.78, 5) is 66.2. The van der Waals surface area contributed by atoms with Crippen molar-refractivity contribution in [3.05, 3.63) is 35.9 Å². The first-order valence-electron chi connectivity index (χ1n) is 13.4. The third-order valence-electron chi connectivity index (χ3n) is 6.09. The molecule has 4 atom stereocenters. The molecule has 0 fully saturated rings. The minimum absolute atomic E-state index is 0.0696. The van der Waals surface area contributed by atoms with Gasteiger partial charge in [0.2, 0.25) is 23.6 Å². The summed E-state index contributed by atoms with van der Waals surface area (Å²) in [6.07, 6.45) is 1.46. The highest BCUT2D eigenvalue weighted by molar-refractivity contribution is 5.94. The molecular weight excluding hydrogens is 534 g/mol. The molecule has 14 N–H and O–H groups in total. The number of carbonyl (C=O) groups excluding carboxylic acids is 4. The molecule has 1 aromatic carbocycles. The van der Waals surface area contributed by atoms with E-state index >= 15 is 0 Å². The lowest BCUT2D eigenvalue weighted by Gasteiger charge is -2.25. The lowest BCUT2D eigenvalue weighted by molar-refractivity contribution is -0.142. The van der Waals surface area contributed by atoms with Crippen molar-refractivity contribution in [3.8, 4) is 0 Å². The average molecular weight is 578 g/mol. The van der Waals surface area contributed by atoms with Crippen LogP contribution in [0.2, 0.25) is 0 Å². The number of hydrogen-bond acceptors (Lipinski definition) is 8. The van der Waals surface area contributed by atoms with Gasteiger partial charge in [0, 0.05) is 19.4 Å². The van der Waals surface area contributed by atoms with E-state index in [1.54, 1.807) is 30.3 Å².